The number of ether oxygens (including phenoxy) is 2. The second-order valence-electron chi connectivity index (χ2n) is 6.55. The smallest absolute Gasteiger partial charge is 0.289 e. The number of hydrogen-bond acceptors (Lipinski definition) is 4. The maximum absolute atomic E-state index is 12.7. The van der Waals surface area contributed by atoms with E-state index >= 15 is 0 Å². The summed E-state index contributed by atoms with van der Waals surface area (Å²) >= 11 is 0. The molecule has 3 heterocycles. The van der Waals surface area contributed by atoms with Crippen LogP contribution in [0.15, 0.2) is 29.2 Å². The molecule has 2 fully saturated rings. The van der Waals surface area contributed by atoms with Gasteiger partial charge in [-0.2, -0.15) is 0 Å². The molecule has 0 saturated carbocycles. The lowest BCUT2D eigenvalue weighted by Crippen LogP contribution is -2.58. The van der Waals surface area contributed by atoms with Gasteiger partial charge < -0.3 is 18.8 Å². The number of piperidine rings is 1. The Bertz CT molecular complexity index is 567. The zero-order chi connectivity index (χ0) is 16.3. The van der Waals surface area contributed by atoms with Gasteiger partial charge in [-0.3, -0.25) is 4.79 Å². The zero-order valence-corrected chi connectivity index (χ0v) is 13.8. The SMILES string of the molecule is C=CCOC[C@@]12CCCO[C@H]1CCN(C(=O)c1ccc(C)o1)C2. The molecule has 2 atom stereocenters. The zero-order valence-electron chi connectivity index (χ0n) is 13.8. The van der Waals surface area contributed by atoms with Crippen LogP contribution in [0, 0.1) is 12.3 Å². The van der Waals surface area contributed by atoms with Crippen LogP contribution in [0.3, 0.4) is 0 Å². The minimum absolute atomic E-state index is 0.0368. The van der Waals surface area contributed by atoms with Crippen molar-refractivity contribution in [2.24, 2.45) is 5.41 Å². The van der Waals surface area contributed by atoms with Gasteiger partial charge in [-0.25, -0.2) is 0 Å². The van der Waals surface area contributed by atoms with Gasteiger partial charge in [0, 0.05) is 25.1 Å². The Kier molecular flexibility index (Phi) is 4.87. The molecule has 2 aliphatic rings. The topological polar surface area (TPSA) is 51.9 Å². The van der Waals surface area contributed by atoms with Crippen molar-refractivity contribution >= 4 is 5.91 Å². The summed E-state index contributed by atoms with van der Waals surface area (Å²) in [5.74, 6) is 1.14. The van der Waals surface area contributed by atoms with Gasteiger partial charge in [0.05, 0.1) is 19.3 Å². The first-order valence-corrected chi connectivity index (χ1v) is 8.30. The number of aryl methyl sites for hydroxylation is 1. The summed E-state index contributed by atoms with van der Waals surface area (Å²) in [5.41, 5.74) is -0.114. The van der Waals surface area contributed by atoms with E-state index in [-0.39, 0.29) is 17.4 Å². The lowest BCUT2D eigenvalue weighted by atomic mass is 9.73. The summed E-state index contributed by atoms with van der Waals surface area (Å²) in [6, 6.07) is 3.58. The number of fused-ring (bicyclic) bond motifs is 1. The minimum atomic E-state index is -0.114. The summed E-state index contributed by atoms with van der Waals surface area (Å²) in [4.78, 5) is 14.6. The van der Waals surface area contributed by atoms with Crippen LogP contribution in [0.5, 0.6) is 0 Å². The molecule has 5 nitrogen and oxygen atoms in total. The lowest BCUT2D eigenvalue weighted by Gasteiger charge is -2.50. The first-order valence-electron chi connectivity index (χ1n) is 8.30. The number of carbonyl (C=O) groups excluding carboxylic acids is 1. The Morgan fingerprint density at radius 1 is 1.57 bits per heavy atom. The normalized spacial score (nSPS) is 27.5. The maximum Gasteiger partial charge on any atom is 0.289 e. The van der Waals surface area contributed by atoms with Gasteiger partial charge in [0.15, 0.2) is 5.76 Å². The quantitative estimate of drug-likeness (QED) is 0.618. The molecule has 23 heavy (non-hydrogen) atoms. The van der Waals surface area contributed by atoms with Crippen LogP contribution in [-0.2, 0) is 9.47 Å². The maximum atomic E-state index is 12.7. The third-order valence-electron chi connectivity index (χ3n) is 4.85. The van der Waals surface area contributed by atoms with Crippen LogP contribution in [-0.4, -0.2) is 49.8 Å². The van der Waals surface area contributed by atoms with E-state index in [9.17, 15) is 4.79 Å². The van der Waals surface area contributed by atoms with Gasteiger partial charge in [0.2, 0.25) is 0 Å². The average Bonchev–Trinajstić information content (AvgIpc) is 3.00. The van der Waals surface area contributed by atoms with Crippen LogP contribution in [0.2, 0.25) is 0 Å². The lowest BCUT2D eigenvalue weighted by molar-refractivity contribution is -0.145. The van der Waals surface area contributed by atoms with E-state index in [1.54, 1.807) is 12.1 Å². The highest BCUT2D eigenvalue weighted by Crippen LogP contribution is 2.40. The third kappa shape index (κ3) is 3.35. The van der Waals surface area contributed by atoms with Gasteiger partial charge in [-0.1, -0.05) is 6.08 Å². The van der Waals surface area contributed by atoms with E-state index in [0.717, 1.165) is 31.6 Å². The number of furan rings is 1. The summed E-state index contributed by atoms with van der Waals surface area (Å²) in [6.07, 6.45) is 4.81. The molecule has 0 aromatic carbocycles. The number of likely N-dealkylation sites (tertiary alicyclic amines) is 1. The molecular weight excluding hydrogens is 294 g/mol. The molecule has 0 radical (unpaired) electrons. The molecular formula is C18H25NO4. The summed E-state index contributed by atoms with van der Waals surface area (Å²) < 4.78 is 17.2. The summed E-state index contributed by atoms with van der Waals surface area (Å²) in [7, 11) is 0. The summed E-state index contributed by atoms with van der Waals surface area (Å²) in [5, 5.41) is 0. The van der Waals surface area contributed by atoms with E-state index in [4.69, 9.17) is 13.9 Å². The molecule has 1 aromatic heterocycles. The molecule has 1 amide bonds. The van der Waals surface area contributed by atoms with E-state index in [2.05, 4.69) is 6.58 Å². The predicted octanol–water partition coefficient (Wildman–Crippen LogP) is 2.80. The Morgan fingerprint density at radius 2 is 2.43 bits per heavy atom. The van der Waals surface area contributed by atoms with Crippen LogP contribution in [0.25, 0.3) is 0 Å². The van der Waals surface area contributed by atoms with Crippen molar-refractivity contribution in [2.45, 2.75) is 32.3 Å². The Labute approximate surface area is 137 Å². The second-order valence-corrected chi connectivity index (χ2v) is 6.55. The number of hydrogen-bond donors (Lipinski definition) is 0. The van der Waals surface area contributed by atoms with E-state index < -0.39 is 0 Å². The largest absolute Gasteiger partial charge is 0.456 e. The Morgan fingerprint density at radius 3 is 3.17 bits per heavy atom. The van der Waals surface area contributed by atoms with Crippen molar-refractivity contribution in [3.8, 4) is 0 Å². The molecule has 0 bridgehead atoms. The molecule has 3 rings (SSSR count). The molecule has 0 aliphatic carbocycles. The van der Waals surface area contributed by atoms with Gasteiger partial charge in [-0.15, -0.1) is 6.58 Å². The van der Waals surface area contributed by atoms with Crippen molar-refractivity contribution in [2.75, 3.05) is 32.9 Å². The molecule has 2 aliphatic heterocycles. The van der Waals surface area contributed by atoms with Crippen molar-refractivity contribution in [3.63, 3.8) is 0 Å². The van der Waals surface area contributed by atoms with Gasteiger partial charge in [0.1, 0.15) is 5.76 Å². The molecule has 126 valence electrons. The number of carbonyl (C=O) groups is 1. The highest BCUT2D eigenvalue weighted by molar-refractivity contribution is 5.91. The molecule has 0 N–H and O–H groups in total. The van der Waals surface area contributed by atoms with Gasteiger partial charge in [0.25, 0.3) is 5.91 Å². The highest BCUT2D eigenvalue weighted by atomic mass is 16.5. The molecule has 0 unspecified atom stereocenters. The molecule has 1 aromatic rings. The van der Waals surface area contributed by atoms with Crippen molar-refractivity contribution in [1.29, 1.82) is 0 Å². The standard InChI is InChI=1S/C18H25NO4/c1-3-10-21-13-18-8-4-11-22-16(18)7-9-19(12-18)17(20)15-6-5-14(2)23-15/h3,5-6,16H,1,4,7-13H2,2H3/t16-,18-/m0/s1. The summed E-state index contributed by atoms with van der Waals surface area (Å²) in [6.45, 7) is 8.84. The van der Waals surface area contributed by atoms with Crippen LogP contribution >= 0.6 is 0 Å². The predicted molar refractivity (Wildman–Crippen MR) is 86.4 cm³/mol. The van der Waals surface area contributed by atoms with E-state index in [1.165, 1.54) is 0 Å². The number of rotatable bonds is 5. The fraction of sp³-hybridized carbons (Fsp3) is 0.611. The molecule has 2 saturated heterocycles. The fourth-order valence-corrected chi connectivity index (χ4v) is 3.73. The monoisotopic (exact) mass is 319 g/mol. The van der Waals surface area contributed by atoms with Crippen molar-refractivity contribution in [1.82, 2.24) is 4.90 Å². The van der Waals surface area contributed by atoms with Crippen LogP contribution in [0.4, 0.5) is 0 Å². The van der Waals surface area contributed by atoms with E-state index in [1.807, 2.05) is 17.9 Å². The molecule has 5 heteroatoms. The van der Waals surface area contributed by atoms with Crippen LogP contribution in [0.1, 0.15) is 35.6 Å². The third-order valence-corrected chi connectivity index (χ3v) is 4.85. The number of amides is 1. The van der Waals surface area contributed by atoms with E-state index in [0.29, 0.717) is 32.1 Å². The van der Waals surface area contributed by atoms with Crippen molar-refractivity contribution < 1.29 is 18.7 Å². The average molecular weight is 319 g/mol. The first-order chi connectivity index (χ1) is 11.1. The molecule has 0 spiro atoms. The van der Waals surface area contributed by atoms with Crippen LogP contribution < -0.4 is 0 Å². The first kappa shape index (κ1) is 16.3. The minimum Gasteiger partial charge on any atom is -0.456 e. The fourth-order valence-electron chi connectivity index (χ4n) is 3.73. The van der Waals surface area contributed by atoms with Gasteiger partial charge in [-0.05, 0) is 38.3 Å². The second kappa shape index (κ2) is 6.89. The number of nitrogens with zero attached hydrogens (tertiary/aromatic N) is 1. The van der Waals surface area contributed by atoms with Crippen molar-refractivity contribution in [3.05, 3.63) is 36.3 Å². The highest BCUT2D eigenvalue weighted by Gasteiger charge is 2.47. The Balaban J connectivity index is 1.74. The Hall–Kier alpha value is -1.59. The van der Waals surface area contributed by atoms with Gasteiger partial charge >= 0.3 is 0 Å².